The van der Waals surface area contributed by atoms with Crippen molar-refractivity contribution in [2.24, 2.45) is 0 Å². The van der Waals surface area contributed by atoms with Crippen molar-refractivity contribution in [2.45, 2.75) is 5.50 Å². The predicted octanol–water partition coefficient (Wildman–Crippen LogP) is 0.615. The summed E-state index contributed by atoms with van der Waals surface area (Å²) in [6.45, 7) is 0. The van der Waals surface area contributed by atoms with Crippen LogP contribution >= 0.6 is 11.6 Å². The highest BCUT2D eigenvalue weighted by Gasteiger charge is 2.04. The van der Waals surface area contributed by atoms with E-state index in [0.29, 0.717) is 0 Å². The maximum atomic E-state index is 5.33. The summed E-state index contributed by atoms with van der Waals surface area (Å²) in [5, 5.41) is 0. The fourth-order valence-electron chi connectivity index (χ4n) is 0.228. The van der Waals surface area contributed by atoms with Crippen molar-refractivity contribution in [1.82, 2.24) is 5.48 Å². The first-order valence-corrected chi connectivity index (χ1v) is 2.00. The normalized spacial score (nSPS) is 30.5. The SMILES string of the molecule is ClC1C=CO[N]1. The van der Waals surface area contributed by atoms with Crippen LogP contribution in [-0.2, 0) is 4.84 Å². The van der Waals surface area contributed by atoms with Crippen molar-refractivity contribution >= 4 is 11.6 Å². The molecule has 1 radical (unpaired) electrons. The molecule has 1 rings (SSSR count). The van der Waals surface area contributed by atoms with Gasteiger partial charge in [0.15, 0.2) is 5.50 Å². The van der Waals surface area contributed by atoms with E-state index < -0.39 is 0 Å². The highest BCUT2D eigenvalue weighted by molar-refractivity contribution is 6.21. The molecule has 3 heteroatoms. The third-order valence-corrected chi connectivity index (χ3v) is 0.685. The molecule has 0 aromatic rings. The lowest BCUT2D eigenvalue weighted by atomic mass is 10.7. The molecule has 0 aromatic carbocycles. The van der Waals surface area contributed by atoms with Crippen LogP contribution in [0.5, 0.6) is 0 Å². The lowest BCUT2D eigenvalue weighted by molar-refractivity contribution is 0.150. The second kappa shape index (κ2) is 1.49. The zero-order chi connectivity index (χ0) is 4.41. The molecule has 0 saturated heterocycles. The average Bonchev–Trinajstić information content (AvgIpc) is 1.86. The summed E-state index contributed by atoms with van der Waals surface area (Å²) in [7, 11) is 0. The molecule has 0 N–H and O–H groups in total. The number of rotatable bonds is 0. The summed E-state index contributed by atoms with van der Waals surface area (Å²) in [5.74, 6) is 0. The number of alkyl halides is 1. The van der Waals surface area contributed by atoms with Gasteiger partial charge in [-0.05, 0) is 11.6 Å². The van der Waals surface area contributed by atoms with E-state index in [9.17, 15) is 0 Å². The van der Waals surface area contributed by atoms with Gasteiger partial charge in [-0.1, -0.05) is 11.6 Å². The van der Waals surface area contributed by atoms with Gasteiger partial charge in [-0.2, -0.15) is 0 Å². The Bertz CT molecular complexity index is 73.2. The number of hydrogen-bond acceptors (Lipinski definition) is 1. The quantitative estimate of drug-likeness (QED) is 0.326. The largest absolute Gasteiger partial charge is 0.394 e. The van der Waals surface area contributed by atoms with Crippen molar-refractivity contribution < 1.29 is 4.84 Å². The Balaban J connectivity index is 2.38. The van der Waals surface area contributed by atoms with E-state index in [1.54, 1.807) is 6.08 Å². The van der Waals surface area contributed by atoms with Crippen molar-refractivity contribution in [3.63, 3.8) is 0 Å². The van der Waals surface area contributed by atoms with Gasteiger partial charge in [0.25, 0.3) is 0 Å². The number of hydroxylamine groups is 1. The Hall–Kier alpha value is -0.210. The second-order valence-electron chi connectivity index (χ2n) is 0.912. The second-order valence-corrected chi connectivity index (χ2v) is 1.36. The number of hydrogen-bond donors (Lipinski definition) is 0. The maximum Gasteiger partial charge on any atom is 0.161 e. The topological polar surface area (TPSA) is 23.3 Å². The summed E-state index contributed by atoms with van der Waals surface area (Å²) in [6, 6.07) is 0. The maximum absolute atomic E-state index is 5.33. The first-order chi connectivity index (χ1) is 2.89. The van der Waals surface area contributed by atoms with Gasteiger partial charge in [-0.15, -0.1) is 0 Å². The van der Waals surface area contributed by atoms with Crippen LogP contribution in [-0.4, -0.2) is 5.50 Å². The van der Waals surface area contributed by atoms with Gasteiger partial charge < -0.3 is 4.84 Å². The van der Waals surface area contributed by atoms with Crippen molar-refractivity contribution in [3.8, 4) is 0 Å². The Kier molecular flexibility index (Phi) is 0.986. The van der Waals surface area contributed by atoms with Gasteiger partial charge in [0.1, 0.15) is 6.26 Å². The molecule has 6 heavy (non-hydrogen) atoms. The fraction of sp³-hybridized carbons (Fsp3) is 0.333. The standard InChI is InChI=1S/C3H3ClNO/c4-3-1-2-6-5-3/h1-3H. The van der Waals surface area contributed by atoms with Crippen molar-refractivity contribution in [3.05, 3.63) is 12.3 Å². The minimum atomic E-state index is -0.259. The molecule has 0 aromatic heterocycles. The van der Waals surface area contributed by atoms with E-state index in [0.717, 1.165) is 0 Å². The molecule has 33 valence electrons. The summed E-state index contributed by atoms with van der Waals surface area (Å²) >= 11 is 5.33. The third-order valence-electron chi connectivity index (χ3n) is 0.460. The summed E-state index contributed by atoms with van der Waals surface area (Å²) < 4.78 is 0. The van der Waals surface area contributed by atoms with E-state index in [1.165, 1.54) is 6.26 Å². The molecule has 1 heterocycles. The Morgan fingerprint density at radius 2 is 2.67 bits per heavy atom. The molecule has 0 saturated carbocycles. The lowest BCUT2D eigenvalue weighted by Gasteiger charge is -1.86. The van der Waals surface area contributed by atoms with Gasteiger partial charge in [-0.25, -0.2) is 0 Å². The zero-order valence-corrected chi connectivity index (χ0v) is 3.72. The molecule has 2 nitrogen and oxygen atoms in total. The van der Waals surface area contributed by atoms with Gasteiger partial charge in [0.05, 0.1) is 0 Å². The molecule has 1 unspecified atom stereocenters. The van der Waals surface area contributed by atoms with E-state index in [-0.39, 0.29) is 5.50 Å². The zero-order valence-electron chi connectivity index (χ0n) is 2.97. The number of nitrogens with zero attached hydrogens (tertiary/aromatic N) is 1. The Morgan fingerprint density at radius 3 is 2.83 bits per heavy atom. The van der Waals surface area contributed by atoms with Crippen molar-refractivity contribution in [2.75, 3.05) is 0 Å². The fourth-order valence-corrected chi connectivity index (χ4v) is 0.334. The Morgan fingerprint density at radius 1 is 1.83 bits per heavy atom. The molecule has 0 amide bonds. The van der Waals surface area contributed by atoms with Gasteiger partial charge >= 0.3 is 0 Å². The van der Waals surface area contributed by atoms with E-state index in [2.05, 4.69) is 10.3 Å². The molecule has 0 spiro atoms. The summed E-state index contributed by atoms with van der Waals surface area (Å²) in [4.78, 5) is 4.37. The Labute approximate surface area is 40.7 Å². The smallest absolute Gasteiger partial charge is 0.161 e. The highest BCUT2D eigenvalue weighted by Crippen LogP contribution is 2.00. The molecule has 1 aliphatic heterocycles. The number of halogens is 1. The van der Waals surface area contributed by atoms with Gasteiger partial charge in [0, 0.05) is 0 Å². The highest BCUT2D eigenvalue weighted by atomic mass is 35.5. The third kappa shape index (κ3) is 0.640. The van der Waals surface area contributed by atoms with Gasteiger partial charge in [-0.3, -0.25) is 0 Å². The molecule has 0 bridgehead atoms. The molecular formula is C3H3ClNO. The van der Waals surface area contributed by atoms with Crippen LogP contribution < -0.4 is 5.48 Å². The monoisotopic (exact) mass is 104 g/mol. The molecule has 0 fully saturated rings. The lowest BCUT2D eigenvalue weighted by Crippen LogP contribution is -2.02. The first kappa shape index (κ1) is 3.96. The van der Waals surface area contributed by atoms with Crippen molar-refractivity contribution in [1.29, 1.82) is 0 Å². The minimum Gasteiger partial charge on any atom is -0.394 e. The molecule has 1 aliphatic rings. The summed E-state index contributed by atoms with van der Waals surface area (Å²) in [6.07, 6.45) is 3.11. The molecule has 1 atom stereocenters. The van der Waals surface area contributed by atoms with Crippen LogP contribution in [0.15, 0.2) is 12.3 Å². The van der Waals surface area contributed by atoms with Crippen LogP contribution in [0.25, 0.3) is 0 Å². The average molecular weight is 105 g/mol. The first-order valence-electron chi connectivity index (χ1n) is 1.56. The predicted molar refractivity (Wildman–Crippen MR) is 22.0 cm³/mol. The van der Waals surface area contributed by atoms with E-state index >= 15 is 0 Å². The summed E-state index contributed by atoms with van der Waals surface area (Å²) in [5.41, 5.74) is 3.13. The molecular weight excluding hydrogens is 101 g/mol. The van der Waals surface area contributed by atoms with Crippen LogP contribution in [0.3, 0.4) is 0 Å². The van der Waals surface area contributed by atoms with Crippen LogP contribution in [0, 0.1) is 0 Å². The molecule has 0 aliphatic carbocycles. The van der Waals surface area contributed by atoms with E-state index in [4.69, 9.17) is 11.6 Å². The minimum absolute atomic E-state index is 0.259. The van der Waals surface area contributed by atoms with Gasteiger partial charge in [0.2, 0.25) is 0 Å². The van der Waals surface area contributed by atoms with E-state index in [1.807, 2.05) is 0 Å². The van der Waals surface area contributed by atoms with Crippen LogP contribution in [0.2, 0.25) is 0 Å². The van der Waals surface area contributed by atoms with Crippen LogP contribution in [0.4, 0.5) is 0 Å². The van der Waals surface area contributed by atoms with Crippen LogP contribution in [0.1, 0.15) is 0 Å².